The number of aromatic nitrogens is 2. The lowest BCUT2D eigenvalue weighted by molar-refractivity contribution is -0.138. The molecule has 2 heterocycles. The number of halogens is 3. The second kappa shape index (κ2) is 11.5. The van der Waals surface area contributed by atoms with E-state index in [9.17, 15) is 27.6 Å². The zero-order chi connectivity index (χ0) is 25.6. The summed E-state index contributed by atoms with van der Waals surface area (Å²) >= 11 is 2.36. The third-order valence-corrected chi connectivity index (χ3v) is 6.83. The molecule has 0 aliphatic carbocycles. The highest BCUT2D eigenvalue weighted by Crippen LogP contribution is 2.32. The number of ether oxygens (including phenoxy) is 1. The van der Waals surface area contributed by atoms with Crippen molar-refractivity contribution in [1.29, 1.82) is 0 Å². The smallest absolute Gasteiger partial charge is 0.417 e. The zero-order valence-electron chi connectivity index (χ0n) is 18.5. The minimum absolute atomic E-state index is 0.112. The van der Waals surface area contributed by atoms with Gasteiger partial charge in [0.05, 0.1) is 16.9 Å². The second-order valence-corrected chi connectivity index (χ2v) is 9.37. The molecule has 1 aromatic carbocycles. The van der Waals surface area contributed by atoms with E-state index < -0.39 is 34.5 Å². The van der Waals surface area contributed by atoms with E-state index in [1.165, 1.54) is 17.8 Å². The average molecular weight is 528 g/mol. The first-order chi connectivity index (χ1) is 16.6. The number of benzene rings is 1. The van der Waals surface area contributed by atoms with Crippen molar-refractivity contribution in [2.24, 2.45) is 5.92 Å². The summed E-state index contributed by atoms with van der Waals surface area (Å²) in [5, 5.41) is 11.0. The highest BCUT2D eigenvalue weighted by Gasteiger charge is 2.35. The number of hydrogen-bond donors (Lipinski definition) is 1. The summed E-state index contributed by atoms with van der Waals surface area (Å²) in [6.45, 7) is 3.85. The van der Waals surface area contributed by atoms with E-state index in [2.05, 4.69) is 15.5 Å². The molecular weight excluding hydrogens is 507 g/mol. The van der Waals surface area contributed by atoms with Gasteiger partial charge in [0.25, 0.3) is 0 Å². The van der Waals surface area contributed by atoms with Crippen LogP contribution in [0.5, 0.6) is 5.75 Å². The first-order valence-electron chi connectivity index (χ1n) is 10.4. The van der Waals surface area contributed by atoms with E-state index >= 15 is 0 Å². The lowest BCUT2D eigenvalue weighted by atomic mass is 10.0. The molecule has 0 atom stereocenters. The van der Waals surface area contributed by atoms with Gasteiger partial charge in [0.2, 0.25) is 22.2 Å². The number of hydrogen-bond acceptors (Lipinski definition) is 9. The number of rotatable bonds is 9. The molecule has 0 radical (unpaired) electrons. The number of nitrogens with one attached hydrogen (secondary N) is 1. The van der Waals surface area contributed by atoms with Gasteiger partial charge < -0.3 is 14.5 Å². The Morgan fingerprint density at radius 1 is 1.20 bits per heavy atom. The summed E-state index contributed by atoms with van der Waals surface area (Å²) in [6.07, 6.45) is -2.47. The predicted molar refractivity (Wildman–Crippen MR) is 124 cm³/mol. The van der Waals surface area contributed by atoms with Crippen molar-refractivity contribution in [2.45, 2.75) is 43.0 Å². The van der Waals surface area contributed by atoms with Gasteiger partial charge in [-0.05, 0) is 25.0 Å². The molecule has 0 fully saturated rings. The Hall–Kier alpha value is -3.19. The molecule has 1 amide bonds. The lowest BCUT2D eigenvalue weighted by Gasteiger charge is -2.11. The predicted octanol–water partition coefficient (Wildman–Crippen LogP) is 5.40. The fraction of sp³-hybridized carbons (Fsp3) is 0.318. The van der Waals surface area contributed by atoms with Crippen molar-refractivity contribution in [3.05, 3.63) is 63.7 Å². The summed E-state index contributed by atoms with van der Waals surface area (Å²) in [4.78, 5) is 36.7. The molecule has 35 heavy (non-hydrogen) atoms. The maximum Gasteiger partial charge on any atom is 0.417 e. The minimum Gasteiger partial charge on any atom is -0.464 e. The topological polar surface area (TPSA) is 111 Å². The Balaban J connectivity index is 1.62. The molecule has 186 valence electrons. The molecule has 0 aliphatic heterocycles. The second-order valence-electron chi connectivity index (χ2n) is 7.17. The van der Waals surface area contributed by atoms with Gasteiger partial charge in [0.15, 0.2) is 4.34 Å². The number of carbonyl (C=O) groups excluding carboxylic acids is 2. The molecule has 1 N–H and O–H groups in total. The van der Waals surface area contributed by atoms with Crippen LogP contribution in [0.3, 0.4) is 0 Å². The lowest BCUT2D eigenvalue weighted by Crippen LogP contribution is -2.21. The van der Waals surface area contributed by atoms with Gasteiger partial charge in [0, 0.05) is 12.0 Å². The molecule has 0 spiro atoms. The van der Waals surface area contributed by atoms with E-state index in [-0.39, 0.29) is 23.3 Å². The number of amides is 1. The third kappa shape index (κ3) is 6.92. The molecule has 13 heteroatoms. The van der Waals surface area contributed by atoms with Crippen molar-refractivity contribution < 1.29 is 31.9 Å². The van der Waals surface area contributed by atoms with Crippen LogP contribution in [0.1, 0.15) is 48.4 Å². The van der Waals surface area contributed by atoms with E-state index in [0.29, 0.717) is 22.3 Å². The van der Waals surface area contributed by atoms with Crippen LogP contribution in [0.2, 0.25) is 0 Å². The van der Waals surface area contributed by atoms with Gasteiger partial charge in [0.1, 0.15) is 12.0 Å². The van der Waals surface area contributed by atoms with Crippen LogP contribution in [-0.2, 0) is 16.7 Å². The monoisotopic (exact) mass is 527 g/mol. The normalized spacial score (nSPS) is 11.5. The average Bonchev–Trinajstić information content (AvgIpc) is 3.26. The summed E-state index contributed by atoms with van der Waals surface area (Å²) in [5.74, 6) is -1.72. The quantitative estimate of drug-likeness (QED) is 0.224. The summed E-state index contributed by atoms with van der Waals surface area (Å²) < 4.78 is 50.0. The van der Waals surface area contributed by atoms with Crippen LogP contribution in [-0.4, -0.2) is 22.1 Å². The molecule has 8 nitrogen and oxygen atoms in total. The van der Waals surface area contributed by atoms with Crippen molar-refractivity contribution in [3.8, 4) is 5.75 Å². The fourth-order valence-electron chi connectivity index (χ4n) is 2.97. The SMILES string of the molecule is CCC(CC)C(=O)Nc1nnc(SCc2cc(=O)c(OC(=O)c3ccccc3C(F)(F)F)co2)s1. The van der Waals surface area contributed by atoms with Crippen molar-refractivity contribution >= 4 is 40.1 Å². The Labute approximate surface area is 205 Å². The van der Waals surface area contributed by atoms with Crippen molar-refractivity contribution in [3.63, 3.8) is 0 Å². The number of esters is 1. The van der Waals surface area contributed by atoms with Gasteiger partial charge in [-0.15, -0.1) is 10.2 Å². The highest BCUT2D eigenvalue weighted by molar-refractivity contribution is 8.00. The zero-order valence-corrected chi connectivity index (χ0v) is 20.2. The molecule has 0 saturated carbocycles. The van der Waals surface area contributed by atoms with Gasteiger partial charge in [-0.2, -0.15) is 13.2 Å². The van der Waals surface area contributed by atoms with Gasteiger partial charge in [-0.3, -0.25) is 9.59 Å². The molecule has 0 saturated heterocycles. The highest BCUT2D eigenvalue weighted by atomic mass is 32.2. The van der Waals surface area contributed by atoms with Crippen LogP contribution >= 0.6 is 23.1 Å². The standard InChI is InChI=1S/C22H20F3N3O5S2/c1-3-12(4-2)18(30)26-20-27-28-21(35-20)34-11-13-9-16(29)17(10-32-13)33-19(31)14-7-5-6-8-15(14)22(23,24)25/h5-10,12H,3-4,11H2,1-2H3,(H,26,27,30). The van der Waals surface area contributed by atoms with Crippen LogP contribution in [0.25, 0.3) is 0 Å². The van der Waals surface area contributed by atoms with Crippen LogP contribution < -0.4 is 15.5 Å². The summed E-state index contributed by atoms with van der Waals surface area (Å²) in [6, 6.07) is 5.17. The van der Waals surface area contributed by atoms with E-state index in [0.717, 1.165) is 41.9 Å². The van der Waals surface area contributed by atoms with Crippen molar-refractivity contribution in [1.82, 2.24) is 10.2 Å². The number of carbonyl (C=O) groups is 2. The Bertz CT molecular complexity index is 1260. The van der Waals surface area contributed by atoms with E-state index in [1.54, 1.807) is 0 Å². The maximum atomic E-state index is 13.1. The molecule has 3 aromatic rings. The van der Waals surface area contributed by atoms with Crippen LogP contribution in [0, 0.1) is 5.92 Å². The Morgan fingerprint density at radius 2 is 1.91 bits per heavy atom. The third-order valence-electron chi connectivity index (χ3n) is 4.84. The Kier molecular flexibility index (Phi) is 8.67. The molecule has 3 rings (SSSR count). The number of anilines is 1. The number of nitrogens with zero attached hydrogens (tertiary/aromatic N) is 2. The van der Waals surface area contributed by atoms with Gasteiger partial charge in [-0.1, -0.05) is 49.1 Å². The molecule has 0 unspecified atom stereocenters. The molecule has 2 aromatic heterocycles. The summed E-state index contributed by atoms with van der Waals surface area (Å²) in [7, 11) is 0. The Morgan fingerprint density at radius 3 is 2.57 bits per heavy atom. The largest absolute Gasteiger partial charge is 0.464 e. The number of alkyl halides is 3. The van der Waals surface area contributed by atoms with Crippen molar-refractivity contribution in [2.75, 3.05) is 5.32 Å². The fourth-order valence-corrected chi connectivity index (χ4v) is 4.62. The first-order valence-corrected chi connectivity index (χ1v) is 12.2. The minimum atomic E-state index is -4.76. The molecular formula is C22H20F3N3O5S2. The maximum absolute atomic E-state index is 13.1. The van der Waals surface area contributed by atoms with Crippen LogP contribution in [0.4, 0.5) is 18.3 Å². The number of thioether (sulfide) groups is 1. The van der Waals surface area contributed by atoms with Gasteiger partial charge in [-0.25, -0.2) is 4.79 Å². The van der Waals surface area contributed by atoms with E-state index in [4.69, 9.17) is 9.15 Å². The molecule has 0 bridgehead atoms. The van der Waals surface area contributed by atoms with Gasteiger partial charge >= 0.3 is 12.1 Å². The summed E-state index contributed by atoms with van der Waals surface area (Å²) in [5.41, 5.74) is -2.63. The van der Waals surface area contributed by atoms with E-state index in [1.807, 2.05) is 13.8 Å². The van der Waals surface area contributed by atoms with Crippen LogP contribution in [0.15, 0.2) is 50.1 Å². The molecule has 0 aliphatic rings. The first kappa shape index (κ1) is 26.4.